The predicted molar refractivity (Wildman–Crippen MR) is 147 cm³/mol. The van der Waals surface area contributed by atoms with Crippen LogP contribution in [0.25, 0.3) is 22.0 Å². The van der Waals surface area contributed by atoms with Crippen LogP contribution >= 0.6 is 11.6 Å². The van der Waals surface area contributed by atoms with Gasteiger partial charge >= 0.3 is 0 Å². The second kappa shape index (κ2) is 11.4. The maximum Gasteiger partial charge on any atom is 0.128 e. The topological polar surface area (TPSA) is 48.8 Å². The van der Waals surface area contributed by atoms with Gasteiger partial charge in [-0.1, -0.05) is 54.1 Å². The Hall–Kier alpha value is -2.96. The van der Waals surface area contributed by atoms with Gasteiger partial charge in [-0.15, -0.1) is 0 Å². The zero-order valence-corrected chi connectivity index (χ0v) is 21.3. The highest BCUT2D eigenvalue weighted by Crippen LogP contribution is 2.32. The SMILES string of the molecule is CC(c1ccccc1-c1ccc(Cl)cc1)N1CCN(CC(O)COc2cccc3ncccc23)CC1. The van der Waals surface area contributed by atoms with E-state index in [1.165, 1.54) is 16.7 Å². The average Bonchev–Trinajstić information content (AvgIpc) is 2.92. The molecule has 1 aromatic heterocycles. The quantitative estimate of drug-likeness (QED) is 0.337. The molecule has 2 unspecified atom stereocenters. The Bertz CT molecular complexity index is 1280. The molecule has 0 bridgehead atoms. The summed E-state index contributed by atoms with van der Waals surface area (Å²) in [4.78, 5) is 9.22. The van der Waals surface area contributed by atoms with E-state index in [2.05, 4.69) is 58.1 Å². The number of nitrogens with zero attached hydrogens (tertiary/aromatic N) is 3. The van der Waals surface area contributed by atoms with Crippen LogP contribution in [0.15, 0.2) is 85.1 Å². The molecule has 1 saturated heterocycles. The highest BCUT2D eigenvalue weighted by molar-refractivity contribution is 6.30. The van der Waals surface area contributed by atoms with Gasteiger partial charge in [0.1, 0.15) is 18.5 Å². The number of aromatic nitrogens is 1. The summed E-state index contributed by atoms with van der Waals surface area (Å²) < 4.78 is 5.97. The summed E-state index contributed by atoms with van der Waals surface area (Å²) in [6.07, 6.45) is 1.23. The van der Waals surface area contributed by atoms with Crippen LogP contribution in [0.4, 0.5) is 0 Å². The first-order valence-corrected chi connectivity index (χ1v) is 12.9. The van der Waals surface area contributed by atoms with Crippen LogP contribution in [0, 0.1) is 0 Å². The molecule has 186 valence electrons. The van der Waals surface area contributed by atoms with Crippen LogP contribution in [0.3, 0.4) is 0 Å². The van der Waals surface area contributed by atoms with Gasteiger partial charge < -0.3 is 9.84 Å². The molecule has 6 heteroatoms. The molecule has 0 spiro atoms. The number of aliphatic hydroxyl groups excluding tert-OH is 1. The van der Waals surface area contributed by atoms with Crippen molar-refractivity contribution in [2.24, 2.45) is 0 Å². The number of β-amino-alcohol motifs (C(OH)–C–C–N with tert-alkyl or cyclic N) is 1. The summed E-state index contributed by atoms with van der Waals surface area (Å²) in [7, 11) is 0. The van der Waals surface area contributed by atoms with Crippen molar-refractivity contribution in [2.75, 3.05) is 39.3 Å². The standard InChI is InChI=1S/C30H32ClN3O2/c1-22(26-6-2-3-7-27(26)23-11-13-24(31)14-12-23)34-18-16-33(17-19-34)20-25(35)21-36-30-10-4-9-29-28(30)8-5-15-32-29/h2-15,22,25,35H,16-21H2,1H3. The lowest BCUT2D eigenvalue weighted by molar-refractivity contribution is 0.0384. The molecule has 4 aromatic rings. The Balaban J connectivity index is 1.15. The molecule has 1 fully saturated rings. The lowest BCUT2D eigenvalue weighted by atomic mass is 9.94. The number of aliphatic hydroxyl groups is 1. The molecule has 0 radical (unpaired) electrons. The maximum atomic E-state index is 10.7. The summed E-state index contributed by atoms with van der Waals surface area (Å²) in [6, 6.07) is 26.7. The van der Waals surface area contributed by atoms with Gasteiger partial charge in [0.05, 0.1) is 5.52 Å². The van der Waals surface area contributed by atoms with E-state index in [0.717, 1.165) is 47.9 Å². The fourth-order valence-corrected chi connectivity index (χ4v) is 5.15. The molecule has 5 nitrogen and oxygen atoms in total. The largest absolute Gasteiger partial charge is 0.490 e. The van der Waals surface area contributed by atoms with E-state index in [1.54, 1.807) is 6.20 Å². The number of hydrogen-bond donors (Lipinski definition) is 1. The average molecular weight is 502 g/mol. The molecule has 5 rings (SSSR count). The van der Waals surface area contributed by atoms with Crippen LogP contribution < -0.4 is 4.74 Å². The molecule has 3 aromatic carbocycles. The van der Waals surface area contributed by atoms with Crippen molar-refractivity contribution < 1.29 is 9.84 Å². The minimum absolute atomic E-state index is 0.263. The molecule has 36 heavy (non-hydrogen) atoms. The Kier molecular flexibility index (Phi) is 7.83. The van der Waals surface area contributed by atoms with Crippen LogP contribution in [0.1, 0.15) is 18.5 Å². The van der Waals surface area contributed by atoms with E-state index >= 15 is 0 Å². The van der Waals surface area contributed by atoms with Gasteiger partial charge in [0, 0.05) is 55.4 Å². The van der Waals surface area contributed by atoms with Crippen LogP contribution in [0.2, 0.25) is 5.02 Å². The Morgan fingerprint density at radius 3 is 2.50 bits per heavy atom. The van der Waals surface area contributed by atoms with E-state index in [0.29, 0.717) is 12.6 Å². The minimum atomic E-state index is -0.550. The molecule has 2 atom stereocenters. The molecule has 0 saturated carbocycles. The number of hydrogen-bond acceptors (Lipinski definition) is 5. The van der Waals surface area contributed by atoms with E-state index in [4.69, 9.17) is 16.3 Å². The Morgan fingerprint density at radius 1 is 0.917 bits per heavy atom. The minimum Gasteiger partial charge on any atom is -0.490 e. The van der Waals surface area contributed by atoms with E-state index in [9.17, 15) is 5.11 Å². The third-order valence-electron chi connectivity index (χ3n) is 7.03. The van der Waals surface area contributed by atoms with E-state index in [-0.39, 0.29) is 6.61 Å². The number of pyridine rings is 1. The molecule has 1 N–H and O–H groups in total. The van der Waals surface area contributed by atoms with Gasteiger partial charge in [0.2, 0.25) is 0 Å². The zero-order valence-electron chi connectivity index (χ0n) is 20.6. The number of halogens is 1. The van der Waals surface area contributed by atoms with Gasteiger partial charge in [-0.2, -0.15) is 0 Å². The third kappa shape index (κ3) is 5.71. The monoisotopic (exact) mass is 501 g/mol. The highest BCUT2D eigenvalue weighted by Gasteiger charge is 2.25. The number of benzene rings is 3. The van der Waals surface area contributed by atoms with Gasteiger partial charge in [-0.3, -0.25) is 14.8 Å². The third-order valence-corrected chi connectivity index (χ3v) is 7.28. The van der Waals surface area contributed by atoms with Crippen molar-refractivity contribution in [3.8, 4) is 16.9 Å². The predicted octanol–water partition coefficient (Wildman–Crippen LogP) is 5.67. The van der Waals surface area contributed by atoms with Crippen LogP contribution in [-0.4, -0.2) is 65.3 Å². The van der Waals surface area contributed by atoms with Crippen molar-refractivity contribution in [2.45, 2.75) is 19.1 Å². The molecule has 2 heterocycles. The molecule has 0 aliphatic carbocycles. The molecule has 0 amide bonds. The van der Waals surface area contributed by atoms with Crippen molar-refractivity contribution >= 4 is 22.5 Å². The van der Waals surface area contributed by atoms with E-state index in [1.807, 2.05) is 42.5 Å². The smallest absolute Gasteiger partial charge is 0.128 e. The first-order valence-electron chi connectivity index (χ1n) is 12.5. The fourth-order valence-electron chi connectivity index (χ4n) is 5.02. The molecular weight excluding hydrogens is 470 g/mol. The fraction of sp³-hybridized carbons (Fsp3) is 0.300. The molecule has 1 aliphatic heterocycles. The summed E-state index contributed by atoms with van der Waals surface area (Å²) in [5, 5.41) is 12.4. The van der Waals surface area contributed by atoms with Crippen molar-refractivity contribution in [3.05, 3.63) is 95.6 Å². The number of ether oxygens (including phenoxy) is 1. The lowest BCUT2D eigenvalue weighted by Crippen LogP contribution is -2.49. The van der Waals surface area contributed by atoms with Crippen LogP contribution in [-0.2, 0) is 0 Å². The summed E-state index contributed by atoms with van der Waals surface area (Å²) in [5.74, 6) is 0.762. The van der Waals surface area contributed by atoms with E-state index < -0.39 is 6.10 Å². The number of fused-ring (bicyclic) bond motifs is 1. The van der Waals surface area contributed by atoms with Crippen molar-refractivity contribution in [1.82, 2.24) is 14.8 Å². The summed E-state index contributed by atoms with van der Waals surface area (Å²) >= 11 is 6.11. The van der Waals surface area contributed by atoms with Gasteiger partial charge in [-0.05, 0) is 60.0 Å². The summed E-state index contributed by atoms with van der Waals surface area (Å²) in [6.45, 7) is 6.90. The van der Waals surface area contributed by atoms with Gasteiger partial charge in [0.15, 0.2) is 0 Å². The normalized spacial score (nSPS) is 16.6. The summed E-state index contributed by atoms with van der Waals surface area (Å²) in [5.41, 5.74) is 4.66. The van der Waals surface area contributed by atoms with Gasteiger partial charge in [-0.25, -0.2) is 0 Å². The number of rotatable bonds is 8. The Labute approximate surface area is 217 Å². The molecular formula is C30H32ClN3O2. The van der Waals surface area contributed by atoms with Crippen molar-refractivity contribution in [1.29, 1.82) is 0 Å². The first kappa shape index (κ1) is 24.7. The van der Waals surface area contributed by atoms with Crippen LogP contribution in [0.5, 0.6) is 5.75 Å². The maximum absolute atomic E-state index is 10.7. The second-order valence-corrected chi connectivity index (χ2v) is 9.83. The molecule has 1 aliphatic rings. The lowest BCUT2D eigenvalue weighted by Gasteiger charge is -2.39. The zero-order chi connectivity index (χ0) is 24.9. The van der Waals surface area contributed by atoms with Gasteiger partial charge in [0.25, 0.3) is 0 Å². The highest BCUT2D eigenvalue weighted by atomic mass is 35.5. The first-order chi connectivity index (χ1) is 17.6. The van der Waals surface area contributed by atoms with Crippen molar-refractivity contribution in [3.63, 3.8) is 0 Å². The Morgan fingerprint density at radius 2 is 1.69 bits per heavy atom. The number of piperazine rings is 1. The second-order valence-electron chi connectivity index (χ2n) is 9.40.